The summed E-state index contributed by atoms with van der Waals surface area (Å²) < 4.78 is 1.73. The number of nitrogens with one attached hydrogen (secondary N) is 1. The molecule has 0 saturated carbocycles. The Balaban J connectivity index is 2.02. The van der Waals surface area contributed by atoms with Crippen LogP contribution in [0.15, 0.2) is 54.0 Å². The lowest BCUT2D eigenvalue weighted by molar-refractivity contribution is -0.114. The van der Waals surface area contributed by atoms with Crippen molar-refractivity contribution >= 4 is 17.8 Å². The fraction of sp³-hybridized carbons (Fsp3) is 0.188. The van der Waals surface area contributed by atoms with Gasteiger partial charge < -0.3 is 5.32 Å². The first kappa shape index (κ1) is 13.3. The summed E-state index contributed by atoms with van der Waals surface area (Å²) >= 11 is 0. The van der Waals surface area contributed by atoms with Crippen molar-refractivity contribution in [1.29, 1.82) is 0 Å². The lowest BCUT2D eigenvalue weighted by Crippen LogP contribution is -2.25. The number of Topliss-reactive ketones (excluding diaryl/α,β-unsaturated/α-hetero) is 1. The molecule has 0 spiro atoms. The summed E-state index contributed by atoms with van der Waals surface area (Å²) in [5, 5.41) is 7.34. The number of hydrogen-bond acceptors (Lipinski definition) is 4. The van der Waals surface area contributed by atoms with E-state index in [0.29, 0.717) is 11.5 Å². The van der Waals surface area contributed by atoms with Crippen molar-refractivity contribution < 1.29 is 4.79 Å². The van der Waals surface area contributed by atoms with Gasteiger partial charge in [-0.1, -0.05) is 42.5 Å². The van der Waals surface area contributed by atoms with Crippen molar-refractivity contribution in [2.45, 2.75) is 19.9 Å². The lowest BCUT2D eigenvalue weighted by atomic mass is 9.98. The summed E-state index contributed by atoms with van der Waals surface area (Å²) in [7, 11) is 0. The van der Waals surface area contributed by atoms with Gasteiger partial charge in [-0.05, 0) is 19.4 Å². The molecule has 0 radical (unpaired) electrons. The number of rotatable bonds is 3. The second-order valence-corrected chi connectivity index (χ2v) is 4.96. The maximum atomic E-state index is 12.0. The minimum atomic E-state index is -0.235. The second-order valence-electron chi connectivity index (χ2n) is 4.96. The van der Waals surface area contributed by atoms with Gasteiger partial charge >= 0.3 is 0 Å². The molecule has 5 nitrogen and oxygen atoms in total. The predicted octanol–water partition coefficient (Wildman–Crippen LogP) is 2.82. The first-order valence-corrected chi connectivity index (χ1v) is 6.78. The number of carbonyl (C=O) groups is 1. The molecule has 2 heterocycles. The van der Waals surface area contributed by atoms with E-state index in [2.05, 4.69) is 15.4 Å². The number of anilines is 1. The van der Waals surface area contributed by atoms with Gasteiger partial charge in [-0.2, -0.15) is 10.1 Å². The Morgan fingerprint density at radius 3 is 2.81 bits per heavy atom. The summed E-state index contributed by atoms with van der Waals surface area (Å²) in [5.74, 6) is 0.684. The molecule has 0 amide bonds. The molecule has 3 rings (SSSR count). The fourth-order valence-corrected chi connectivity index (χ4v) is 2.54. The number of nitrogens with zero attached hydrogens (tertiary/aromatic N) is 3. The van der Waals surface area contributed by atoms with Gasteiger partial charge in [0, 0.05) is 11.3 Å². The van der Waals surface area contributed by atoms with E-state index in [0.717, 1.165) is 11.3 Å². The molecule has 106 valence electrons. The average molecular weight is 280 g/mol. The van der Waals surface area contributed by atoms with E-state index >= 15 is 0 Å². The maximum Gasteiger partial charge on any atom is 0.226 e. The van der Waals surface area contributed by atoms with Gasteiger partial charge in [-0.3, -0.25) is 4.79 Å². The normalized spacial score (nSPS) is 17.7. The zero-order valence-corrected chi connectivity index (χ0v) is 11.9. The van der Waals surface area contributed by atoms with Crippen LogP contribution < -0.4 is 5.32 Å². The summed E-state index contributed by atoms with van der Waals surface area (Å²) in [6.07, 6.45) is 5.47. The Morgan fingerprint density at radius 2 is 2.10 bits per heavy atom. The molecule has 0 saturated heterocycles. The molecule has 0 bridgehead atoms. The number of hydrogen-bond donors (Lipinski definition) is 1. The molecule has 1 aliphatic rings. The van der Waals surface area contributed by atoms with Gasteiger partial charge in [0.1, 0.15) is 12.4 Å². The molecule has 21 heavy (non-hydrogen) atoms. The van der Waals surface area contributed by atoms with E-state index in [4.69, 9.17) is 0 Å². The van der Waals surface area contributed by atoms with E-state index in [-0.39, 0.29) is 11.8 Å². The highest BCUT2D eigenvalue weighted by atomic mass is 16.1. The van der Waals surface area contributed by atoms with Crippen molar-refractivity contribution in [2.24, 2.45) is 0 Å². The van der Waals surface area contributed by atoms with Crippen LogP contribution in [0.1, 0.15) is 25.5 Å². The molecule has 0 fully saturated rings. The average Bonchev–Trinajstić information content (AvgIpc) is 2.93. The molecular formula is C16H16N4O. The molecule has 1 N–H and O–H groups in total. The van der Waals surface area contributed by atoms with Gasteiger partial charge in [0.15, 0.2) is 5.78 Å². The molecule has 0 unspecified atom stereocenters. The van der Waals surface area contributed by atoms with Crippen molar-refractivity contribution in [3.8, 4) is 0 Å². The third kappa shape index (κ3) is 2.50. The molecule has 1 aliphatic heterocycles. The zero-order chi connectivity index (χ0) is 14.8. The highest BCUT2D eigenvalue weighted by molar-refractivity contribution is 5.96. The van der Waals surface area contributed by atoms with Gasteiger partial charge in [0.25, 0.3) is 0 Å². The summed E-state index contributed by atoms with van der Waals surface area (Å²) in [6, 6.07) is 9.74. The minimum absolute atomic E-state index is 0.0314. The van der Waals surface area contributed by atoms with Crippen LogP contribution in [0.3, 0.4) is 0 Å². The smallest absolute Gasteiger partial charge is 0.226 e. The fourth-order valence-electron chi connectivity index (χ4n) is 2.54. The second kappa shape index (κ2) is 5.36. The van der Waals surface area contributed by atoms with Crippen LogP contribution in [-0.4, -0.2) is 20.5 Å². The number of benzene rings is 1. The third-order valence-electron chi connectivity index (χ3n) is 3.49. The quantitative estimate of drug-likeness (QED) is 0.939. The Bertz CT molecular complexity index is 728. The summed E-state index contributed by atoms with van der Waals surface area (Å²) in [5.41, 5.74) is 2.61. The van der Waals surface area contributed by atoms with Crippen LogP contribution in [0, 0.1) is 0 Å². The van der Waals surface area contributed by atoms with Gasteiger partial charge in [0.2, 0.25) is 5.95 Å². The van der Waals surface area contributed by atoms with Crippen LogP contribution in [-0.2, 0) is 4.79 Å². The number of allylic oxidation sites excluding steroid dienone is 3. The molecule has 5 heteroatoms. The van der Waals surface area contributed by atoms with E-state index in [1.807, 2.05) is 49.4 Å². The van der Waals surface area contributed by atoms with Crippen LogP contribution in [0.5, 0.6) is 0 Å². The number of carbonyl (C=O) groups excluding carboxylic acids is 1. The molecular weight excluding hydrogens is 264 g/mol. The molecule has 1 aromatic heterocycles. The van der Waals surface area contributed by atoms with Crippen molar-refractivity contribution in [3.05, 3.63) is 59.6 Å². The Hall–Kier alpha value is -2.69. The van der Waals surface area contributed by atoms with E-state index < -0.39 is 0 Å². The van der Waals surface area contributed by atoms with Crippen LogP contribution in [0.2, 0.25) is 0 Å². The standard InChI is InChI=1S/C16H16N4O/c1-11-15(12(2)21)14(20-16(19-11)17-10-18-20)9-8-13-6-4-3-5-7-13/h3-10,14H,1-2H3,(H,17,18,19)/b9-8+/t14-/m0/s1. The van der Waals surface area contributed by atoms with E-state index in [9.17, 15) is 4.79 Å². The monoisotopic (exact) mass is 280 g/mol. The van der Waals surface area contributed by atoms with Crippen LogP contribution in [0.4, 0.5) is 5.95 Å². The Kier molecular flexibility index (Phi) is 3.39. The first-order chi connectivity index (χ1) is 10.2. The SMILES string of the molecule is CC(=O)C1=C(C)Nc2ncnn2[C@H]1/C=C/c1ccccc1. The number of ketones is 1. The predicted molar refractivity (Wildman–Crippen MR) is 81.5 cm³/mol. The van der Waals surface area contributed by atoms with Crippen molar-refractivity contribution in [1.82, 2.24) is 14.8 Å². The highest BCUT2D eigenvalue weighted by Crippen LogP contribution is 2.31. The highest BCUT2D eigenvalue weighted by Gasteiger charge is 2.28. The first-order valence-electron chi connectivity index (χ1n) is 6.78. The van der Waals surface area contributed by atoms with Crippen LogP contribution in [0.25, 0.3) is 6.08 Å². The molecule has 2 aromatic rings. The lowest BCUT2D eigenvalue weighted by Gasteiger charge is -2.25. The third-order valence-corrected chi connectivity index (χ3v) is 3.49. The van der Waals surface area contributed by atoms with E-state index in [1.54, 1.807) is 11.6 Å². The largest absolute Gasteiger partial charge is 0.328 e. The molecule has 0 aliphatic carbocycles. The zero-order valence-electron chi connectivity index (χ0n) is 11.9. The topological polar surface area (TPSA) is 59.8 Å². The van der Waals surface area contributed by atoms with Gasteiger partial charge in [0.05, 0.1) is 0 Å². The maximum absolute atomic E-state index is 12.0. The molecule has 1 aromatic carbocycles. The Morgan fingerprint density at radius 1 is 1.33 bits per heavy atom. The number of aromatic nitrogens is 3. The van der Waals surface area contributed by atoms with Gasteiger partial charge in [-0.25, -0.2) is 4.68 Å². The van der Waals surface area contributed by atoms with Crippen LogP contribution >= 0.6 is 0 Å². The minimum Gasteiger partial charge on any atom is -0.328 e. The van der Waals surface area contributed by atoms with Crippen molar-refractivity contribution in [2.75, 3.05) is 5.32 Å². The van der Waals surface area contributed by atoms with Gasteiger partial charge in [-0.15, -0.1) is 0 Å². The Labute approximate surface area is 123 Å². The van der Waals surface area contributed by atoms with E-state index in [1.165, 1.54) is 6.33 Å². The van der Waals surface area contributed by atoms with Crippen molar-refractivity contribution in [3.63, 3.8) is 0 Å². The number of fused-ring (bicyclic) bond motifs is 1. The molecule has 1 atom stereocenters. The summed E-state index contributed by atoms with van der Waals surface area (Å²) in [4.78, 5) is 16.1. The summed E-state index contributed by atoms with van der Waals surface area (Å²) in [6.45, 7) is 3.46.